The summed E-state index contributed by atoms with van der Waals surface area (Å²) in [5.41, 5.74) is 5.13. The first-order chi connectivity index (χ1) is 8.89. The zero-order valence-electron chi connectivity index (χ0n) is 10.2. The van der Waals surface area contributed by atoms with Gasteiger partial charge in [0.15, 0.2) is 11.6 Å². The molecule has 1 aromatic rings. The third-order valence-electron chi connectivity index (χ3n) is 3.27. The van der Waals surface area contributed by atoms with Crippen LogP contribution in [0.3, 0.4) is 0 Å². The summed E-state index contributed by atoms with van der Waals surface area (Å²) in [6.07, 6.45) is 0.0889. The SMILES string of the molecule is CC1(C#N)CC(c2cccc(Cl)c2)=C(F)C(O)=C1N. The average Bonchev–Trinajstić information content (AvgIpc) is 2.40. The Labute approximate surface area is 115 Å². The molecule has 2 rings (SSSR count). The predicted octanol–water partition coefficient (Wildman–Crippen LogP) is 3.68. The number of aliphatic hydroxyl groups excluding tert-OH is 1. The van der Waals surface area contributed by atoms with E-state index in [4.69, 9.17) is 17.3 Å². The summed E-state index contributed by atoms with van der Waals surface area (Å²) < 4.78 is 14.1. The number of aliphatic hydroxyl groups is 1. The van der Waals surface area contributed by atoms with Crippen molar-refractivity contribution in [3.63, 3.8) is 0 Å². The van der Waals surface area contributed by atoms with Crippen LogP contribution in [-0.2, 0) is 0 Å². The van der Waals surface area contributed by atoms with E-state index in [0.717, 1.165) is 0 Å². The third kappa shape index (κ3) is 2.18. The molecule has 1 aromatic carbocycles. The largest absolute Gasteiger partial charge is 0.504 e. The second kappa shape index (κ2) is 4.60. The van der Waals surface area contributed by atoms with Crippen LogP contribution in [0.1, 0.15) is 18.9 Å². The molecule has 0 aliphatic heterocycles. The quantitative estimate of drug-likeness (QED) is 0.823. The minimum absolute atomic E-state index is 0.0889. The molecular weight excluding hydrogens is 267 g/mol. The maximum atomic E-state index is 14.1. The monoisotopic (exact) mass is 278 g/mol. The summed E-state index contributed by atoms with van der Waals surface area (Å²) in [6, 6.07) is 8.63. The van der Waals surface area contributed by atoms with Gasteiger partial charge in [-0.05, 0) is 24.6 Å². The number of rotatable bonds is 1. The highest BCUT2D eigenvalue weighted by Gasteiger charge is 2.38. The fraction of sp³-hybridized carbons (Fsp3) is 0.214. The summed E-state index contributed by atoms with van der Waals surface area (Å²) in [6.45, 7) is 1.57. The molecule has 3 N–H and O–H groups in total. The second-order valence-corrected chi connectivity index (χ2v) is 5.12. The van der Waals surface area contributed by atoms with Gasteiger partial charge in [0.2, 0.25) is 0 Å². The Morgan fingerprint density at radius 1 is 1.53 bits per heavy atom. The number of nitrogens with two attached hydrogens (primary N) is 1. The van der Waals surface area contributed by atoms with E-state index in [2.05, 4.69) is 0 Å². The van der Waals surface area contributed by atoms with Gasteiger partial charge in [-0.2, -0.15) is 5.26 Å². The summed E-state index contributed by atoms with van der Waals surface area (Å²) in [4.78, 5) is 0. The Morgan fingerprint density at radius 2 is 2.21 bits per heavy atom. The Kier molecular flexibility index (Phi) is 3.25. The van der Waals surface area contributed by atoms with Crippen molar-refractivity contribution in [2.45, 2.75) is 13.3 Å². The first kappa shape index (κ1) is 13.4. The molecule has 0 fully saturated rings. The van der Waals surface area contributed by atoms with Crippen LogP contribution in [0.15, 0.2) is 41.5 Å². The molecule has 1 atom stereocenters. The molecule has 0 radical (unpaired) electrons. The van der Waals surface area contributed by atoms with Crippen molar-refractivity contribution in [2.24, 2.45) is 11.1 Å². The van der Waals surface area contributed by atoms with Crippen LogP contribution in [0.25, 0.3) is 5.57 Å². The van der Waals surface area contributed by atoms with Crippen LogP contribution in [0.5, 0.6) is 0 Å². The van der Waals surface area contributed by atoms with Gasteiger partial charge in [0.25, 0.3) is 0 Å². The summed E-state index contributed by atoms with van der Waals surface area (Å²) in [5.74, 6) is -1.46. The summed E-state index contributed by atoms with van der Waals surface area (Å²) in [5, 5.41) is 19.4. The highest BCUT2D eigenvalue weighted by molar-refractivity contribution is 6.30. The van der Waals surface area contributed by atoms with Crippen molar-refractivity contribution in [2.75, 3.05) is 0 Å². The van der Waals surface area contributed by atoms with Crippen molar-refractivity contribution >= 4 is 17.2 Å². The number of nitrogens with zero attached hydrogens (tertiary/aromatic N) is 1. The van der Waals surface area contributed by atoms with E-state index >= 15 is 0 Å². The molecule has 1 aliphatic carbocycles. The van der Waals surface area contributed by atoms with E-state index in [1.807, 2.05) is 6.07 Å². The first-order valence-electron chi connectivity index (χ1n) is 5.64. The Morgan fingerprint density at radius 3 is 2.79 bits per heavy atom. The smallest absolute Gasteiger partial charge is 0.172 e. The molecule has 3 nitrogen and oxygen atoms in total. The van der Waals surface area contributed by atoms with Crippen molar-refractivity contribution < 1.29 is 9.50 Å². The molecule has 98 valence electrons. The van der Waals surface area contributed by atoms with E-state index in [9.17, 15) is 14.8 Å². The molecule has 5 heteroatoms. The molecule has 0 amide bonds. The van der Waals surface area contributed by atoms with Gasteiger partial charge >= 0.3 is 0 Å². The highest BCUT2D eigenvalue weighted by Crippen LogP contribution is 2.44. The molecule has 19 heavy (non-hydrogen) atoms. The van der Waals surface area contributed by atoms with Gasteiger partial charge in [0.05, 0.1) is 11.8 Å². The minimum atomic E-state index is -1.13. The number of hydrogen-bond donors (Lipinski definition) is 2. The zero-order valence-corrected chi connectivity index (χ0v) is 11.0. The number of benzene rings is 1. The number of nitriles is 1. The standard InChI is InChI=1S/C14H12ClFN2O/c1-14(7-17)6-10(11(16)12(19)13(14)18)8-3-2-4-9(15)5-8/h2-5,19H,6,18H2,1H3. The average molecular weight is 279 g/mol. The van der Waals surface area contributed by atoms with Crippen LogP contribution in [0.2, 0.25) is 5.02 Å². The van der Waals surface area contributed by atoms with Gasteiger partial charge in [-0.25, -0.2) is 4.39 Å². The third-order valence-corrected chi connectivity index (χ3v) is 3.51. The fourth-order valence-corrected chi connectivity index (χ4v) is 2.24. The van der Waals surface area contributed by atoms with Gasteiger partial charge in [-0.15, -0.1) is 0 Å². The molecule has 0 spiro atoms. The van der Waals surface area contributed by atoms with E-state index in [1.165, 1.54) is 0 Å². The second-order valence-electron chi connectivity index (χ2n) is 4.69. The van der Waals surface area contributed by atoms with Crippen molar-refractivity contribution in [3.05, 3.63) is 52.1 Å². The van der Waals surface area contributed by atoms with Crippen molar-refractivity contribution in [1.82, 2.24) is 0 Å². The van der Waals surface area contributed by atoms with Crippen LogP contribution in [0, 0.1) is 16.7 Å². The molecule has 0 aromatic heterocycles. The van der Waals surface area contributed by atoms with Gasteiger partial charge in [0, 0.05) is 17.0 Å². The highest BCUT2D eigenvalue weighted by atomic mass is 35.5. The van der Waals surface area contributed by atoms with Crippen LogP contribution in [-0.4, -0.2) is 5.11 Å². The van der Waals surface area contributed by atoms with Crippen LogP contribution in [0.4, 0.5) is 4.39 Å². The normalized spacial score (nSPS) is 23.5. The van der Waals surface area contributed by atoms with Crippen LogP contribution >= 0.6 is 11.6 Å². The lowest BCUT2D eigenvalue weighted by molar-refractivity contribution is 0.350. The van der Waals surface area contributed by atoms with E-state index in [1.54, 1.807) is 31.2 Å². The van der Waals surface area contributed by atoms with Crippen molar-refractivity contribution in [1.29, 1.82) is 5.26 Å². The lowest BCUT2D eigenvalue weighted by Crippen LogP contribution is -2.29. The van der Waals surface area contributed by atoms with Crippen molar-refractivity contribution in [3.8, 4) is 6.07 Å². The number of allylic oxidation sites excluding steroid dienone is 3. The first-order valence-corrected chi connectivity index (χ1v) is 6.02. The molecule has 0 heterocycles. The Balaban J connectivity index is 2.61. The maximum absolute atomic E-state index is 14.1. The molecule has 0 bridgehead atoms. The Bertz CT molecular complexity index is 645. The van der Waals surface area contributed by atoms with E-state index in [-0.39, 0.29) is 17.7 Å². The number of halogens is 2. The fourth-order valence-electron chi connectivity index (χ4n) is 2.05. The van der Waals surface area contributed by atoms with E-state index < -0.39 is 17.0 Å². The molecule has 1 unspecified atom stereocenters. The summed E-state index contributed by atoms with van der Waals surface area (Å²) >= 11 is 5.87. The summed E-state index contributed by atoms with van der Waals surface area (Å²) in [7, 11) is 0. The van der Waals surface area contributed by atoms with Gasteiger partial charge in [-0.3, -0.25) is 0 Å². The Hall–Kier alpha value is -1.99. The minimum Gasteiger partial charge on any atom is -0.504 e. The van der Waals surface area contributed by atoms with E-state index in [0.29, 0.717) is 10.6 Å². The lowest BCUT2D eigenvalue weighted by Gasteiger charge is -2.29. The molecular formula is C14H12ClFN2O. The maximum Gasteiger partial charge on any atom is 0.172 e. The zero-order chi connectivity index (χ0) is 14.2. The molecule has 1 aliphatic rings. The van der Waals surface area contributed by atoms with Gasteiger partial charge in [-0.1, -0.05) is 23.7 Å². The van der Waals surface area contributed by atoms with Crippen LogP contribution < -0.4 is 5.73 Å². The number of hydrogen-bond acceptors (Lipinski definition) is 3. The molecule has 0 saturated carbocycles. The lowest BCUT2D eigenvalue weighted by atomic mass is 9.76. The molecule has 0 saturated heterocycles. The van der Waals surface area contributed by atoms with Gasteiger partial charge in [0.1, 0.15) is 5.41 Å². The predicted molar refractivity (Wildman–Crippen MR) is 71.7 cm³/mol. The topological polar surface area (TPSA) is 70.0 Å². The van der Waals surface area contributed by atoms with Gasteiger partial charge < -0.3 is 10.8 Å².